The van der Waals surface area contributed by atoms with Crippen LogP contribution in [0.3, 0.4) is 0 Å². The van der Waals surface area contributed by atoms with Crippen molar-refractivity contribution in [2.24, 2.45) is 0 Å². The van der Waals surface area contributed by atoms with Gasteiger partial charge in [0.15, 0.2) is 0 Å². The van der Waals surface area contributed by atoms with Crippen molar-refractivity contribution in [1.29, 1.82) is 0 Å². The normalized spacial score (nSPS) is 11.7. The van der Waals surface area contributed by atoms with Crippen LogP contribution in [0, 0.1) is 0 Å². The summed E-state index contributed by atoms with van der Waals surface area (Å²) in [6.45, 7) is 2.59. The van der Waals surface area contributed by atoms with Crippen molar-refractivity contribution in [3.63, 3.8) is 0 Å². The van der Waals surface area contributed by atoms with Crippen molar-refractivity contribution < 1.29 is 9.59 Å². The number of hydrogen-bond donors (Lipinski definition) is 2. The van der Waals surface area contributed by atoms with E-state index in [0.29, 0.717) is 18.2 Å². The van der Waals surface area contributed by atoms with Crippen LogP contribution in [0.5, 0.6) is 0 Å². The molecule has 0 fully saturated rings. The summed E-state index contributed by atoms with van der Waals surface area (Å²) in [4.78, 5) is 25.3. The van der Waals surface area contributed by atoms with Crippen LogP contribution in [0.1, 0.15) is 17.4 Å². The van der Waals surface area contributed by atoms with E-state index in [1.165, 1.54) is 11.8 Å². The molecule has 27 heavy (non-hydrogen) atoms. The Morgan fingerprint density at radius 1 is 1.22 bits per heavy atom. The zero-order valence-corrected chi connectivity index (χ0v) is 16.2. The SMILES string of the molecule is CC(Sc1nnnn1Cc1cccs1)C(=O)NC(=O)NCc1ccccc1. The lowest BCUT2D eigenvalue weighted by Gasteiger charge is -2.11. The van der Waals surface area contributed by atoms with Gasteiger partial charge in [-0.1, -0.05) is 48.2 Å². The molecule has 0 aliphatic carbocycles. The lowest BCUT2D eigenvalue weighted by molar-refractivity contribution is -0.119. The number of carbonyl (C=O) groups excluding carboxylic acids is 2. The molecule has 3 amide bonds. The average Bonchev–Trinajstić information content (AvgIpc) is 3.34. The summed E-state index contributed by atoms with van der Waals surface area (Å²) < 4.78 is 1.63. The number of tetrazole rings is 1. The highest BCUT2D eigenvalue weighted by atomic mass is 32.2. The van der Waals surface area contributed by atoms with Crippen molar-refractivity contribution >= 4 is 35.0 Å². The summed E-state index contributed by atoms with van der Waals surface area (Å²) in [7, 11) is 0. The number of nitrogens with zero attached hydrogens (tertiary/aromatic N) is 4. The molecule has 2 heterocycles. The minimum Gasteiger partial charge on any atom is -0.334 e. The minimum atomic E-state index is -0.533. The predicted molar refractivity (Wildman–Crippen MR) is 103 cm³/mol. The van der Waals surface area contributed by atoms with Gasteiger partial charge in [0.1, 0.15) is 0 Å². The van der Waals surface area contributed by atoms with Crippen LogP contribution in [0.25, 0.3) is 0 Å². The van der Waals surface area contributed by atoms with Crippen LogP contribution in [0.15, 0.2) is 53.0 Å². The average molecular weight is 403 g/mol. The van der Waals surface area contributed by atoms with Crippen molar-refractivity contribution in [3.8, 4) is 0 Å². The summed E-state index contributed by atoms with van der Waals surface area (Å²) in [6.07, 6.45) is 0. The van der Waals surface area contributed by atoms with E-state index in [4.69, 9.17) is 0 Å². The van der Waals surface area contributed by atoms with Gasteiger partial charge in [-0.25, -0.2) is 9.48 Å². The van der Waals surface area contributed by atoms with E-state index in [9.17, 15) is 9.59 Å². The molecule has 0 spiro atoms. The monoisotopic (exact) mass is 402 g/mol. The zero-order chi connectivity index (χ0) is 19.1. The number of urea groups is 1. The fraction of sp³-hybridized carbons (Fsp3) is 0.235. The first-order valence-corrected chi connectivity index (χ1v) is 9.95. The molecule has 3 rings (SSSR count). The van der Waals surface area contributed by atoms with Gasteiger partial charge in [0.05, 0.1) is 11.8 Å². The topological polar surface area (TPSA) is 102 Å². The fourth-order valence-corrected chi connectivity index (χ4v) is 3.65. The van der Waals surface area contributed by atoms with E-state index in [2.05, 4.69) is 26.2 Å². The van der Waals surface area contributed by atoms with Gasteiger partial charge < -0.3 is 5.32 Å². The first-order chi connectivity index (χ1) is 13.1. The molecule has 0 aliphatic heterocycles. The first-order valence-electron chi connectivity index (χ1n) is 8.19. The summed E-state index contributed by atoms with van der Waals surface area (Å²) in [5.41, 5.74) is 0.954. The quantitative estimate of drug-likeness (QED) is 0.588. The van der Waals surface area contributed by atoms with Crippen LogP contribution in [-0.4, -0.2) is 37.4 Å². The molecule has 0 aliphatic rings. The van der Waals surface area contributed by atoms with Gasteiger partial charge in [0.25, 0.3) is 0 Å². The van der Waals surface area contributed by atoms with E-state index in [1.807, 2.05) is 47.8 Å². The number of carbonyl (C=O) groups is 2. The lowest BCUT2D eigenvalue weighted by atomic mass is 10.2. The van der Waals surface area contributed by atoms with Crippen molar-refractivity contribution in [1.82, 2.24) is 30.8 Å². The van der Waals surface area contributed by atoms with E-state index in [1.54, 1.807) is 22.9 Å². The van der Waals surface area contributed by atoms with Gasteiger partial charge in [-0.3, -0.25) is 10.1 Å². The maximum absolute atomic E-state index is 12.3. The molecule has 2 aromatic heterocycles. The minimum absolute atomic E-state index is 0.348. The smallest absolute Gasteiger partial charge is 0.321 e. The van der Waals surface area contributed by atoms with Gasteiger partial charge in [-0.2, -0.15) is 0 Å². The Morgan fingerprint density at radius 2 is 2.04 bits per heavy atom. The Morgan fingerprint density at radius 3 is 2.78 bits per heavy atom. The van der Waals surface area contributed by atoms with E-state index in [-0.39, 0.29) is 0 Å². The second-order valence-corrected chi connectivity index (χ2v) is 7.96. The van der Waals surface area contributed by atoms with Gasteiger partial charge in [0, 0.05) is 11.4 Å². The Bertz CT molecular complexity index is 882. The Labute approximate surface area is 164 Å². The van der Waals surface area contributed by atoms with Crippen LogP contribution in [0.4, 0.5) is 4.79 Å². The molecule has 3 aromatic rings. The third kappa shape index (κ3) is 5.63. The number of aromatic nitrogens is 4. The lowest BCUT2D eigenvalue weighted by Crippen LogP contribution is -2.42. The first kappa shape index (κ1) is 19.1. The fourth-order valence-electron chi connectivity index (χ4n) is 2.18. The number of thioether (sulfide) groups is 1. The van der Waals surface area contributed by atoms with Crippen molar-refractivity contribution in [2.75, 3.05) is 0 Å². The van der Waals surface area contributed by atoms with E-state index >= 15 is 0 Å². The van der Waals surface area contributed by atoms with E-state index in [0.717, 1.165) is 10.4 Å². The molecule has 140 valence electrons. The largest absolute Gasteiger partial charge is 0.334 e. The second-order valence-electron chi connectivity index (χ2n) is 5.62. The Kier molecular flexibility index (Phi) is 6.55. The Balaban J connectivity index is 1.49. The molecule has 0 saturated carbocycles. The summed E-state index contributed by atoms with van der Waals surface area (Å²) in [6, 6.07) is 12.9. The number of benzene rings is 1. The van der Waals surface area contributed by atoms with Crippen molar-refractivity contribution in [2.45, 2.75) is 30.4 Å². The second kappa shape index (κ2) is 9.28. The third-order valence-corrected chi connectivity index (χ3v) is 5.50. The van der Waals surface area contributed by atoms with Crippen LogP contribution in [0.2, 0.25) is 0 Å². The van der Waals surface area contributed by atoms with Crippen molar-refractivity contribution in [3.05, 3.63) is 58.3 Å². The number of hydrogen-bond acceptors (Lipinski definition) is 7. The van der Waals surface area contributed by atoms with Crippen LogP contribution < -0.4 is 10.6 Å². The summed E-state index contributed by atoms with van der Waals surface area (Å²) >= 11 is 2.81. The Hall–Kier alpha value is -2.72. The highest BCUT2D eigenvalue weighted by molar-refractivity contribution is 8.00. The highest BCUT2D eigenvalue weighted by Gasteiger charge is 2.20. The van der Waals surface area contributed by atoms with E-state index < -0.39 is 17.2 Å². The molecule has 1 aromatic carbocycles. The van der Waals surface area contributed by atoms with Gasteiger partial charge in [0.2, 0.25) is 11.1 Å². The molecular weight excluding hydrogens is 384 g/mol. The zero-order valence-electron chi connectivity index (χ0n) is 14.5. The molecule has 2 N–H and O–H groups in total. The number of thiophene rings is 1. The standard InChI is InChI=1S/C17H18N6O2S2/c1-12(15(24)19-16(25)18-10-13-6-3-2-4-7-13)27-17-20-21-22-23(17)11-14-8-5-9-26-14/h2-9,12H,10-11H2,1H3,(H2,18,19,24,25). The molecule has 0 radical (unpaired) electrons. The number of imide groups is 1. The number of amides is 3. The van der Waals surface area contributed by atoms with Crippen LogP contribution >= 0.6 is 23.1 Å². The summed E-state index contributed by atoms with van der Waals surface area (Å²) in [5.74, 6) is -0.406. The van der Waals surface area contributed by atoms with Gasteiger partial charge in [-0.05, 0) is 34.4 Å². The predicted octanol–water partition coefficient (Wildman–Crippen LogP) is 2.29. The maximum Gasteiger partial charge on any atom is 0.321 e. The van der Waals surface area contributed by atoms with Gasteiger partial charge >= 0.3 is 6.03 Å². The molecule has 0 saturated heterocycles. The summed E-state index contributed by atoms with van der Waals surface area (Å²) in [5, 5.41) is 18.6. The maximum atomic E-state index is 12.3. The third-order valence-electron chi connectivity index (χ3n) is 3.57. The number of rotatable bonds is 7. The molecule has 8 nitrogen and oxygen atoms in total. The molecular formula is C17H18N6O2S2. The highest BCUT2D eigenvalue weighted by Crippen LogP contribution is 2.21. The van der Waals surface area contributed by atoms with Gasteiger partial charge in [-0.15, -0.1) is 16.4 Å². The molecule has 1 unspecified atom stereocenters. The molecule has 1 atom stereocenters. The van der Waals surface area contributed by atoms with Crippen LogP contribution in [-0.2, 0) is 17.9 Å². The molecule has 10 heteroatoms. The molecule has 0 bridgehead atoms. The number of nitrogens with one attached hydrogen (secondary N) is 2.